The van der Waals surface area contributed by atoms with Crippen molar-refractivity contribution < 1.29 is 14.0 Å². The fourth-order valence-electron chi connectivity index (χ4n) is 7.56. The summed E-state index contributed by atoms with van der Waals surface area (Å²) in [5.74, 6) is -0.507. The van der Waals surface area contributed by atoms with Gasteiger partial charge in [-0.2, -0.15) is 0 Å². The number of benzene rings is 1. The van der Waals surface area contributed by atoms with Gasteiger partial charge in [0.1, 0.15) is 22.5 Å². The third-order valence-electron chi connectivity index (χ3n) is 10.1. The van der Waals surface area contributed by atoms with E-state index in [4.69, 9.17) is 23.2 Å². The van der Waals surface area contributed by atoms with E-state index >= 15 is 0 Å². The summed E-state index contributed by atoms with van der Waals surface area (Å²) in [5, 5.41) is 7.82. The van der Waals surface area contributed by atoms with E-state index in [1.54, 1.807) is 18.3 Å². The van der Waals surface area contributed by atoms with E-state index in [9.17, 15) is 14.0 Å². The third kappa shape index (κ3) is 5.54. The van der Waals surface area contributed by atoms with E-state index in [1.807, 2.05) is 17.0 Å². The van der Waals surface area contributed by atoms with E-state index in [-0.39, 0.29) is 51.9 Å². The van der Waals surface area contributed by atoms with Gasteiger partial charge in [0, 0.05) is 43.1 Å². The molecule has 0 bridgehead atoms. The van der Waals surface area contributed by atoms with Crippen molar-refractivity contribution in [3.05, 3.63) is 74.3 Å². The summed E-state index contributed by atoms with van der Waals surface area (Å²) >= 11 is 13.7. The monoisotopic (exact) mass is 672 g/mol. The highest BCUT2D eigenvalue weighted by molar-refractivity contribution is 8.04. The molecule has 3 saturated heterocycles. The van der Waals surface area contributed by atoms with Crippen molar-refractivity contribution in [2.24, 2.45) is 5.92 Å². The van der Waals surface area contributed by atoms with Crippen molar-refractivity contribution in [2.45, 2.75) is 88.1 Å². The summed E-state index contributed by atoms with van der Waals surface area (Å²) in [7, 11) is 0. The maximum absolute atomic E-state index is 14.9. The van der Waals surface area contributed by atoms with Crippen LogP contribution in [0.15, 0.2) is 47.1 Å². The van der Waals surface area contributed by atoms with Crippen LogP contribution in [0.5, 0.6) is 0 Å². The van der Waals surface area contributed by atoms with Crippen LogP contribution < -0.4 is 10.6 Å². The normalized spacial score (nSPS) is 28.9. The predicted molar refractivity (Wildman–Crippen MR) is 175 cm³/mol. The fraction of sp³-hybridized carbons (Fsp3) is 0.545. The van der Waals surface area contributed by atoms with Gasteiger partial charge in [-0.05, 0) is 67.3 Å². The Morgan fingerprint density at radius 3 is 2.60 bits per heavy atom. The van der Waals surface area contributed by atoms with Gasteiger partial charge in [-0.15, -0.1) is 0 Å². The number of nitrogens with zero attached hydrogens (tertiary/aromatic N) is 4. The van der Waals surface area contributed by atoms with Gasteiger partial charge < -0.3 is 20.0 Å². The molecule has 5 aliphatic rings. The number of aromatic nitrogens is 1. The van der Waals surface area contributed by atoms with Gasteiger partial charge in [0.15, 0.2) is 0 Å². The highest BCUT2D eigenvalue weighted by Gasteiger charge is 2.53. The molecule has 2 aromatic rings. The first-order valence-corrected chi connectivity index (χ1v) is 17.6. The number of hydrogen-bond donors (Lipinski definition) is 2. The standard InChI is InChI=1S/C33H39Cl2FN6O2S/c1-4-21-16-38-33(11-12-33)17-41(21)30(43)24-6-5-13-40(24)31(44)29-27(18(2)3)42-28(19-7-9-22(34)23(36)14-19)26(39-32(42)45-29)20-8-10-25(35)37-15-20/h7-10,14-15,18,21,24,26,28,32,38-39H,4-6,11-13,16-17H2,1-3H3/t21-,24+,26?,28-,32?/m1/s1. The van der Waals surface area contributed by atoms with E-state index in [2.05, 4.69) is 46.2 Å². The van der Waals surface area contributed by atoms with Crippen molar-refractivity contribution >= 4 is 46.8 Å². The Labute approximate surface area is 278 Å². The van der Waals surface area contributed by atoms with Crippen molar-refractivity contribution in [3.8, 4) is 0 Å². The summed E-state index contributed by atoms with van der Waals surface area (Å²) in [6.45, 7) is 8.37. The van der Waals surface area contributed by atoms with Crippen molar-refractivity contribution in [2.75, 3.05) is 19.6 Å². The average molecular weight is 674 g/mol. The molecule has 2 unspecified atom stereocenters. The van der Waals surface area contributed by atoms with E-state index in [1.165, 1.54) is 17.8 Å². The maximum Gasteiger partial charge on any atom is 0.262 e. The molecule has 1 aliphatic carbocycles. The Bertz CT molecular complexity index is 1540. The summed E-state index contributed by atoms with van der Waals surface area (Å²) in [5.41, 5.74) is 2.34. The number of piperazine rings is 1. The first kappa shape index (κ1) is 31.2. The van der Waals surface area contributed by atoms with Crippen LogP contribution in [0.25, 0.3) is 0 Å². The van der Waals surface area contributed by atoms with Gasteiger partial charge in [0.2, 0.25) is 5.91 Å². The SMILES string of the molecule is CC[C@@H]1CNC2(CC2)CN1C(=O)[C@@H]1CCCN1C(=O)C1=C(C(C)C)N2C(NC(c3ccc(Cl)nc3)[C@H]2c2ccc(Cl)c(F)c2)S1. The number of hydrogen-bond acceptors (Lipinski definition) is 7. The molecule has 45 heavy (non-hydrogen) atoms. The minimum Gasteiger partial charge on any atom is -0.340 e. The van der Waals surface area contributed by atoms with Crippen molar-refractivity contribution in [1.82, 2.24) is 30.3 Å². The minimum atomic E-state index is -0.492. The number of fused-ring (bicyclic) bond motifs is 1. The number of pyridine rings is 1. The molecule has 7 rings (SSSR count). The smallest absolute Gasteiger partial charge is 0.262 e. The van der Waals surface area contributed by atoms with Gasteiger partial charge in [-0.25, -0.2) is 9.37 Å². The lowest BCUT2D eigenvalue weighted by atomic mass is 9.93. The van der Waals surface area contributed by atoms with Crippen LogP contribution in [0.1, 0.15) is 76.1 Å². The second-order valence-electron chi connectivity index (χ2n) is 13.3. The number of allylic oxidation sites excluding steroid dienone is 1. The minimum absolute atomic E-state index is 0.00545. The van der Waals surface area contributed by atoms with E-state index in [0.717, 1.165) is 55.6 Å². The topological polar surface area (TPSA) is 80.8 Å². The molecule has 5 atom stereocenters. The number of nitrogens with one attached hydrogen (secondary N) is 2. The van der Waals surface area contributed by atoms with Crippen molar-refractivity contribution in [3.63, 3.8) is 0 Å². The second-order valence-corrected chi connectivity index (χ2v) is 15.2. The second kappa shape index (κ2) is 12.0. The molecule has 2 amide bonds. The molecule has 1 aromatic heterocycles. The van der Waals surface area contributed by atoms with E-state index in [0.29, 0.717) is 23.0 Å². The quantitative estimate of drug-likeness (QED) is 0.373. The molecule has 4 aliphatic heterocycles. The molecule has 1 spiro atoms. The summed E-state index contributed by atoms with van der Waals surface area (Å²) < 4.78 is 14.9. The number of amides is 2. The lowest BCUT2D eigenvalue weighted by Crippen LogP contribution is -2.62. The largest absolute Gasteiger partial charge is 0.340 e. The fourth-order valence-corrected chi connectivity index (χ4v) is 9.26. The van der Waals surface area contributed by atoms with Gasteiger partial charge in [0.25, 0.3) is 5.91 Å². The van der Waals surface area contributed by atoms with Crippen LogP contribution in [0.4, 0.5) is 4.39 Å². The summed E-state index contributed by atoms with van der Waals surface area (Å²) in [6.07, 6.45) is 6.29. The molecule has 240 valence electrons. The Kier molecular flexibility index (Phi) is 8.34. The molecule has 1 aromatic carbocycles. The molecule has 8 nitrogen and oxygen atoms in total. The molecule has 1 saturated carbocycles. The number of likely N-dealkylation sites (tertiary alicyclic amines) is 1. The lowest BCUT2D eigenvalue weighted by Gasteiger charge is -2.42. The molecule has 12 heteroatoms. The van der Waals surface area contributed by atoms with Crippen LogP contribution in [-0.2, 0) is 9.59 Å². The zero-order valence-electron chi connectivity index (χ0n) is 25.7. The zero-order valence-corrected chi connectivity index (χ0v) is 28.1. The highest BCUT2D eigenvalue weighted by Crippen LogP contribution is 2.54. The number of rotatable bonds is 6. The van der Waals surface area contributed by atoms with Crippen LogP contribution in [0, 0.1) is 11.7 Å². The Morgan fingerprint density at radius 2 is 1.93 bits per heavy atom. The van der Waals surface area contributed by atoms with Crippen LogP contribution in [0.2, 0.25) is 10.2 Å². The zero-order chi connectivity index (χ0) is 31.6. The predicted octanol–water partition coefficient (Wildman–Crippen LogP) is 5.85. The molecule has 5 heterocycles. The third-order valence-corrected chi connectivity index (χ3v) is 11.8. The van der Waals surface area contributed by atoms with Crippen LogP contribution >= 0.6 is 35.0 Å². The average Bonchev–Trinajstić information content (AvgIpc) is 3.36. The van der Waals surface area contributed by atoms with Crippen LogP contribution in [-0.4, -0.2) is 74.3 Å². The lowest BCUT2D eigenvalue weighted by molar-refractivity contribution is -0.145. The number of halogens is 3. The van der Waals surface area contributed by atoms with Gasteiger partial charge in [-0.1, -0.05) is 67.9 Å². The Morgan fingerprint density at radius 1 is 1.16 bits per heavy atom. The summed E-state index contributed by atoms with van der Waals surface area (Å²) in [6, 6.07) is 7.69. The maximum atomic E-state index is 14.9. The Hall–Kier alpha value is -2.37. The van der Waals surface area contributed by atoms with Gasteiger partial charge in [0.05, 0.1) is 22.0 Å². The Balaban J connectivity index is 1.22. The molecular weight excluding hydrogens is 634 g/mol. The van der Waals surface area contributed by atoms with Gasteiger partial charge >= 0.3 is 0 Å². The van der Waals surface area contributed by atoms with Crippen molar-refractivity contribution in [1.29, 1.82) is 0 Å². The van der Waals surface area contributed by atoms with E-state index < -0.39 is 11.9 Å². The highest BCUT2D eigenvalue weighted by atomic mass is 35.5. The molecule has 2 N–H and O–H groups in total. The summed E-state index contributed by atoms with van der Waals surface area (Å²) in [4.78, 5) is 39.7. The first-order valence-electron chi connectivity index (χ1n) is 16.0. The first-order chi connectivity index (χ1) is 21.6. The van der Waals surface area contributed by atoms with Crippen LogP contribution in [0.3, 0.4) is 0 Å². The number of carbonyl (C=O) groups excluding carboxylic acids is 2. The number of carbonyl (C=O) groups is 2. The molecular formula is C33H39Cl2FN6O2S. The molecule has 4 fully saturated rings. The molecule has 0 radical (unpaired) electrons. The number of thioether (sulfide) groups is 1. The van der Waals surface area contributed by atoms with Gasteiger partial charge in [-0.3, -0.25) is 14.9 Å².